The molecule has 0 amide bonds. The van der Waals surface area contributed by atoms with Crippen molar-refractivity contribution in [3.63, 3.8) is 0 Å². The van der Waals surface area contributed by atoms with E-state index in [1.165, 1.54) is 32.0 Å². The number of rotatable bonds is 4. The van der Waals surface area contributed by atoms with Crippen molar-refractivity contribution in [2.45, 2.75) is 30.1 Å². The summed E-state index contributed by atoms with van der Waals surface area (Å²) in [5.74, 6) is 0. The fraction of sp³-hybridized carbons (Fsp3) is 0.143. The van der Waals surface area contributed by atoms with Gasteiger partial charge in [0.05, 0.1) is 0 Å². The zero-order chi connectivity index (χ0) is 15.4. The standard InChI is InChI=1S/C21H20S/c1-3-17-12-14-18(15-13-17)22-21-11-7-6-10-20(21)19-9-5-4-8-16(19)2/h4-15H,3H2,1-2H3. The van der Waals surface area contributed by atoms with E-state index in [0.717, 1.165) is 6.42 Å². The van der Waals surface area contributed by atoms with Crippen LogP contribution in [0.4, 0.5) is 0 Å². The Hall–Kier alpha value is -1.99. The smallest absolute Gasteiger partial charge is 0.0200 e. The van der Waals surface area contributed by atoms with Gasteiger partial charge in [0.2, 0.25) is 0 Å². The molecule has 0 saturated heterocycles. The summed E-state index contributed by atoms with van der Waals surface area (Å²) in [4.78, 5) is 2.60. The Morgan fingerprint density at radius 3 is 2.05 bits per heavy atom. The zero-order valence-corrected chi connectivity index (χ0v) is 13.9. The topological polar surface area (TPSA) is 0 Å². The van der Waals surface area contributed by atoms with Crippen molar-refractivity contribution in [3.05, 3.63) is 83.9 Å². The molecule has 0 spiro atoms. The Kier molecular flexibility index (Phi) is 4.65. The molecular weight excluding hydrogens is 284 g/mol. The molecule has 0 radical (unpaired) electrons. The Morgan fingerprint density at radius 2 is 1.36 bits per heavy atom. The molecule has 3 rings (SSSR count). The van der Waals surface area contributed by atoms with Crippen molar-refractivity contribution >= 4 is 11.8 Å². The van der Waals surface area contributed by atoms with Gasteiger partial charge in [0.1, 0.15) is 0 Å². The molecule has 0 nitrogen and oxygen atoms in total. The first-order chi connectivity index (χ1) is 10.8. The van der Waals surface area contributed by atoms with Crippen LogP contribution in [0.5, 0.6) is 0 Å². The molecule has 0 unspecified atom stereocenters. The van der Waals surface area contributed by atoms with Crippen molar-refractivity contribution in [2.24, 2.45) is 0 Å². The summed E-state index contributed by atoms with van der Waals surface area (Å²) in [6, 6.07) is 26.1. The lowest BCUT2D eigenvalue weighted by Gasteiger charge is -2.12. The van der Waals surface area contributed by atoms with E-state index in [0.29, 0.717) is 0 Å². The predicted molar refractivity (Wildman–Crippen MR) is 96.6 cm³/mol. The lowest BCUT2D eigenvalue weighted by Crippen LogP contribution is -1.86. The second-order valence-electron chi connectivity index (χ2n) is 5.41. The molecule has 0 heterocycles. The molecule has 0 N–H and O–H groups in total. The van der Waals surface area contributed by atoms with E-state index < -0.39 is 0 Å². The quantitative estimate of drug-likeness (QED) is 0.539. The molecule has 0 aliphatic heterocycles. The van der Waals surface area contributed by atoms with Gasteiger partial charge >= 0.3 is 0 Å². The molecule has 22 heavy (non-hydrogen) atoms. The van der Waals surface area contributed by atoms with Gasteiger partial charge in [-0.1, -0.05) is 73.3 Å². The third-order valence-electron chi connectivity index (χ3n) is 3.88. The van der Waals surface area contributed by atoms with Crippen molar-refractivity contribution in [1.82, 2.24) is 0 Å². The highest BCUT2D eigenvalue weighted by molar-refractivity contribution is 7.99. The fourth-order valence-corrected chi connectivity index (χ4v) is 3.53. The van der Waals surface area contributed by atoms with Crippen LogP contribution in [0.3, 0.4) is 0 Å². The van der Waals surface area contributed by atoms with Gasteiger partial charge < -0.3 is 0 Å². The summed E-state index contributed by atoms with van der Waals surface area (Å²) in [7, 11) is 0. The normalized spacial score (nSPS) is 10.6. The van der Waals surface area contributed by atoms with Crippen LogP contribution in [0.2, 0.25) is 0 Å². The first-order valence-electron chi connectivity index (χ1n) is 7.69. The Bertz CT molecular complexity index is 757. The van der Waals surface area contributed by atoms with Gasteiger partial charge in [-0.3, -0.25) is 0 Å². The summed E-state index contributed by atoms with van der Waals surface area (Å²) in [6.45, 7) is 4.36. The lowest BCUT2D eigenvalue weighted by molar-refractivity contribution is 1.13. The molecule has 0 aliphatic carbocycles. The van der Waals surface area contributed by atoms with E-state index in [9.17, 15) is 0 Å². The van der Waals surface area contributed by atoms with Gasteiger partial charge in [-0.05, 0) is 53.8 Å². The predicted octanol–water partition coefficient (Wildman–Crippen LogP) is 6.38. The van der Waals surface area contributed by atoms with Gasteiger partial charge in [0.15, 0.2) is 0 Å². The first kappa shape index (κ1) is 14.9. The number of benzene rings is 3. The van der Waals surface area contributed by atoms with Gasteiger partial charge in [-0.15, -0.1) is 0 Å². The van der Waals surface area contributed by atoms with Crippen LogP contribution in [0, 0.1) is 6.92 Å². The van der Waals surface area contributed by atoms with Crippen LogP contribution < -0.4 is 0 Å². The number of aryl methyl sites for hydroxylation is 2. The summed E-state index contributed by atoms with van der Waals surface area (Å²) >= 11 is 1.84. The third kappa shape index (κ3) is 3.26. The molecule has 110 valence electrons. The van der Waals surface area contributed by atoms with Gasteiger partial charge in [0.25, 0.3) is 0 Å². The van der Waals surface area contributed by atoms with Gasteiger partial charge in [-0.25, -0.2) is 0 Å². The molecule has 0 saturated carbocycles. The molecule has 3 aromatic rings. The Morgan fingerprint density at radius 1 is 0.727 bits per heavy atom. The largest absolute Gasteiger partial charge is 0.0895 e. The van der Waals surface area contributed by atoms with Crippen molar-refractivity contribution in [2.75, 3.05) is 0 Å². The maximum absolute atomic E-state index is 2.22. The van der Waals surface area contributed by atoms with Crippen molar-refractivity contribution in [1.29, 1.82) is 0 Å². The van der Waals surface area contributed by atoms with E-state index in [4.69, 9.17) is 0 Å². The molecule has 0 aliphatic rings. The minimum Gasteiger partial charge on any atom is -0.0895 e. The first-order valence-corrected chi connectivity index (χ1v) is 8.51. The summed E-state index contributed by atoms with van der Waals surface area (Å²) in [5.41, 5.74) is 5.33. The summed E-state index contributed by atoms with van der Waals surface area (Å²) < 4.78 is 0. The fourth-order valence-electron chi connectivity index (χ4n) is 2.57. The molecule has 3 aromatic carbocycles. The minimum atomic E-state index is 1.09. The van der Waals surface area contributed by atoms with E-state index in [2.05, 4.69) is 86.6 Å². The maximum Gasteiger partial charge on any atom is 0.0200 e. The Labute approximate surface area is 137 Å². The van der Waals surface area contributed by atoms with Crippen molar-refractivity contribution in [3.8, 4) is 11.1 Å². The maximum atomic E-state index is 2.22. The second kappa shape index (κ2) is 6.85. The van der Waals surface area contributed by atoms with E-state index in [1.807, 2.05) is 11.8 Å². The molecular formula is C21H20S. The van der Waals surface area contributed by atoms with Crippen LogP contribution in [-0.2, 0) is 6.42 Å². The summed E-state index contributed by atoms with van der Waals surface area (Å²) in [6.07, 6.45) is 1.09. The van der Waals surface area contributed by atoms with E-state index in [-0.39, 0.29) is 0 Å². The van der Waals surface area contributed by atoms with E-state index in [1.54, 1.807) is 0 Å². The highest BCUT2D eigenvalue weighted by Gasteiger charge is 2.08. The molecule has 0 aromatic heterocycles. The van der Waals surface area contributed by atoms with Crippen LogP contribution in [0.1, 0.15) is 18.1 Å². The monoisotopic (exact) mass is 304 g/mol. The minimum absolute atomic E-state index is 1.09. The SMILES string of the molecule is CCc1ccc(Sc2ccccc2-c2ccccc2C)cc1. The number of hydrogen-bond donors (Lipinski definition) is 0. The third-order valence-corrected chi connectivity index (χ3v) is 4.97. The molecule has 0 atom stereocenters. The molecule has 0 bridgehead atoms. The van der Waals surface area contributed by atoms with Crippen molar-refractivity contribution < 1.29 is 0 Å². The average Bonchev–Trinajstić information content (AvgIpc) is 2.57. The van der Waals surface area contributed by atoms with E-state index >= 15 is 0 Å². The van der Waals surface area contributed by atoms with Crippen LogP contribution >= 0.6 is 11.8 Å². The van der Waals surface area contributed by atoms with Crippen LogP contribution in [-0.4, -0.2) is 0 Å². The highest BCUT2D eigenvalue weighted by atomic mass is 32.2. The average molecular weight is 304 g/mol. The lowest BCUT2D eigenvalue weighted by atomic mass is 10.0. The Balaban J connectivity index is 1.96. The zero-order valence-electron chi connectivity index (χ0n) is 13.0. The van der Waals surface area contributed by atoms with Crippen LogP contribution in [0.15, 0.2) is 82.6 Å². The molecule has 0 fully saturated rings. The molecule has 1 heteroatoms. The van der Waals surface area contributed by atoms with Gasteiger partial charge in [-0.2, -0.15) is 0 Å². The number of hydrogen-bond acceptors (Lipinski definition) is 1. The summed E-state index contributed by atoms with van der Waals surface area (Å²) in [5, 5.41) is 0. The van der Waals surface area contributed by atoms with Crippen LogP contribution in [0.25, 0.3) is 11.1 Å². The second-order valence-corrected chi connectivity index (χ2v) is 6.53. The van der Waals surface area contributed by atoms with Gasteiger partial charge in [0, 0.05) is 9.79 Å². The highest BCUT2D eigenvalue weighted by Crippen LogP contribution is 2.37.